The van der Waals surface area contributed by atoms with Crippen molar-refractivity contribution in [3.05, 3.63) is 23.8 Å². The van der Waals surface area contributed by atoms with E-state index in [1.165, 1.54) is 19.3 Å². The van der Waals surface area contributed by atoms with Crippen LogP contribution in [-0.4, -0.2) is 28.3 Å². The van der Waals surface area contributed by atoms with Crippen molar-refractivity contribution in [2.75, 3.05) is 6.61 Å². The molecule has 0 saturated carbocycles. The van der Waals surface area contributed by atoms with Crippen molar-refractivity contribution in [3.63, 3.8) is 0 Å². The van der Waals surface area contributed by atoms with Crippen molar-refractivity contribution in [2.24, 2.45) is 0 Å². The molecule has 0 spiro atoms. The molecule has 1 rings (SSSR count). The lowest BCUT2D eigenvalue weighted by Gasteiger charge is -2.03. The van der Waals surface area contributed by atoms with Gasteiger partial charge in [-0.3, -0.25) is 4.79 Å². The largest absolute Gasteiger partial charge is 0.461 e. The number of aromatic nitrogens is 2. The van der Waals surface area contributed by atoms with Crippen LogP contribution in [0, 0.1) is 0 Å². The second-order valence-corrected chi connectivity index (χ2v) is 2.53. The number of ketones is 1. The number of Topliss-reactive ketones (excluding diaryl/α,β-unsaturated/α-hetero) is 1. The summed E-state index contributed by atoms with van der Waals surface area (Å²) in [6.07, 6.45) is 2.71. The van der Waals surface area contributed by atoms with Crippen LogP contribution >= 0.6 is 0 Å². The van der Waals surface area contributed by atoms with Crippen LogP contribution in [0.15, 0.2) is 12.4 Å². The van der Waals surface area contributed by atoms with Crippen molar-refractivity contribution in [3.8, 4) is 0 Å². The van der Waals surface area contributed by atoms with Gasteiger partial charge < -0.3 is 4.74 Å². The van der Waals surface area contributed by atoms with E-state index in [2.05, 4.69) is 9.97 Å². The molecule has 0 radical (unpaired) electrons. The molecule has 0 fully saturated rings. The van der Waals surface area contributed by atoms with Gasteiger partial charge in [0.1, 0.15) is 5.69 Å². The summed E-state index contributed by atoms with van der Waals surface area (Å²) < 4.78 is 4.73. The summed E-state index contributed by atoms with van der Waals surface area (Å²) in [5, 5.41) is 0. The van der Waals surface area contributed by atoms with E-state index in [9.17, 15) is 9.59 Å². The first kappa shape index (κ1) is 10.3. The molecule has 0 N–H and O–H groups in total. The number of nitrogens with zero attached hydrogens (tertiary/aromatic N) is 2. The molecular formula is C9H10N2O3. The predicted octanol–water partition coefficient (Wildman–Crippen LogP) is 0.856. The van der Waals surface area contributed by atoms with Gasteiger partial charge in [0, 0.05) is 19.3 Å². The Bertz CT molecular complexity index is 363. The minimum Gasteiger partial charge on any atom is -0.461 e. The first-order valence-corrected chi connectivity index (χ1v) is 4.16. The molecule has 74 valence electrons. The standard InChI is InChI=1S/C9H10N2O3/c1-3-14-9(13)8-7(6(2)12)10-4-5-11-8/h4-5H,3H2,1-2H3. The van der Waals surface area contributed by atoms with Gasteiger partial charge in [-0.1, -0.05) is 0 Å². The zero-order chi connectivity index (χ0) is 10.6. The highest BCUT2D eigenvalue weighted by molar-refractivity contribution is 6.02. The maximum absolute atomic E-state index is 11.3. The van der Waals surface area contributed by atoms with Crippen LogP contribution < -0.4 is 0 Å². The fourth-order valence-electron chi connectivity index (χ4n) is 0.944. The average molecular weight is 194 g/mol. The third kappa shape index (κ3) is 2.12. The van der Waals surface area contributed by atoms with Gasteiger partial charge in [-0.2, -0.15) is 0 Å². The Morgan fingerprint density at radius 1 is 1.29 bits per heavy atom. The van der Waals surface area contributed by atoms with E-state index in [0.717, 1.165) is 0 Å². The fourth-order valence-corrected chi connectivity index (χ4v) is 0.944. The Hall–Kier alpha value is -1.78. The average Bonchev–Trinajstić information content (AvgIpc) is 2.18. The SMILES string of the molecule is CCOC(=O)c1nccnc1C(C)=O. The van der Waals surface area contributed by atoms with Gasteiger partial charge in [0.15, 0.2) is 11.5 Å². The molecule has 0 atom stereocenters. The normalized spacial score (nSPS) is 9.57. The van der Waals surface area contributed by atoms with Crippen LogP contribution in [0.25, 0.3) is 0 Å². The van der Waals surface area contributed by atoms with E-state index in [0.29, 0.717) is 0 Å². The van der Waals surface area contributed by atoms with Crippen molar-refractivity contribution in [2.45, 2.75) is 13.8 Å². The molecule has 5 heteroatoms. The summed E-state index contributed by atoms with van der Waals surface area (Å²) in [4.78, 5) is 29.9. The van der Waals surface area contributed by atoms with Gasteiger partial charge in [-0.05, 0) is 6.92 Å². The van der Waals surface area contributed by atoms with E-state index < -0.39 is 5.97 Å². The minimum atomic E-state index is -0.620. The zero-order valence-electron chi connectivity index (χ0n) is 7.98. The molecule has 5 nitrogen and oxygen atoms in total. The van der Waals surface area contributed by atoms with Crippen LogP contribution in [0.5, 0.6) is 0 Å². The maximum Gasteiger partial charge on any atom is 0.359 e. The number of ether oxygens (including phenoxy) is 1. The second-order valence-electron chi connectivity index (χ2n) is 2.53. The first-order chi connectivity index (χ1) is 6.66. The molecule has 14 heavy (non-hydrogen) atoms. The first-order valence-electron chi connectivity index (χ1n) is 4.16. The second kappa shape index (κ2) is 4.45. The molecule has 0 aliphatic rings. The lowest BCUT2D eigenvalue weighted by atomic mass is 10.2. The zero-order valence-corrected chi connectivity index (χ0v) is 7.98. The third-order valence-electron chi connectivity index (χ3n) is 1.50. The van der Waals surface area contributed by atoms with Crippen LogP contribution in [0.4, 0.5) is 0 Å². The van der Waals surface area contributed by atoms with E-state index in [-0.39, 0.29) is 23.8 Å². The van der Waals surface area contributed by atoms with Crippen molar-refractivity contribution < 1.29 is 14.3 Å². The lowest BCUT2D eigenvalue weighted by Crippen LogP contribution is -2.14. The Morgan fingerprint density at radius 3 is 2.36 bits per heavy atom. The number of hydrogen-bond acceptors (Lipinski definition) is 5. The Balaban J connectivity index is 3.07. The lowest BCUT2D eigenvalue weighted by molar-refractivity contribution is 0.0515. The van der Waals surface area contributed by atoms with Crippen LogP contribution in [0.2, 0.25) is 0 Å². The maximum atomic E-state index is 11.3. The number of rotatable bonds is 3. The van der Waals surface area contributed by atoms with Crippen LogP contribution in [0.1, 0.15) is 34.8 Å². The summed E-state index contributed by atoms with van der Waals surface area (Å²) in [6.45, 7) is 3.25. The molecule has 0 amide bonds. The van der Waals surface area contributed by atoms with Crippen molar-refractivity contribution >= 4 is 11.8 Å². The fraction of sp³-hybridized carbons (Fsp3) is 0.333. The highest BCUT2D eigenvalue weighted by Crippen LogP contribution is 2.04. The summed E-state index contributed by atoms with van der Waals surface area (Å²) in [7, 11) is 0. The molecule has 0 bridgehead atoms. The van der Waals surface area contributed by atoms with Crippen molar-refractivity contribution in [1.82, 2.24) is 9.97 Å². The molecule has 0 aliphatic heterocycles. The molecule has 0 aromatic carbocycles. The number of carbonyl (C=O) groups is 2. The molecule has 1 aromatic heterocycles. The summed E-state index contributed by atoms with van der Waals surface area (Å²) in [6, 6.07) is 0. The quantitative estimate of drug-likeness (QED) is 0.527. The molecule has 1 heterocycles. The summed E-state index contributed by atoms with van der Waals surface area (Å²) >= 11 is 0. The van der Waals surface area contributed by atoms with Gasteiger partial charge in [0.2, 0.25) is 0 Å². The Labute approximate surface area is 81.1 Å². The molecular weight excluding hydrogens is 184 g/mol. The van der Waals surface area contributed by atoms with E-state index in [4.69, 9.17) is 4.74 Å². The Morgan fingerprint density at radius 2 is 1.86 bits per heavy atom. The van der Waals surface area contributed by atoms with E-state index >= 15 is 0 Å². The highest BCUT2D eigenvalue weighted by Gasteiger charge is 2.17. The summed E-state index contributed by atoms with van der Waals surface area (Å²) in [5.74, 6) is -0.924. The highest BCUT2D eigenvalue weighted by atomic mass is 16.5. The minimum absolute atomic E-state index is 0.0261. The molecule has 0 unspecified atom stereocenters. The van der Waals surface area contributed by atoms with Gasteiger partial charge in [0.05, 0.1) is 6.61 Å². The van der Waals surface area contributed by atoms with Gasteiger partial charge in [-0.25, -0.2) is 14.8 Å². The number of esters is 1. The molecule has 0 saturated heterocycles. The third-order valence-corrected chi connectivity index (χ3v) is 1.50. The predicted molar refractivity (Wildman–Crippen MR) is 48.0 cm³/mol. The van der Waals surface area contributed by atoms with Crippen LogP contribution in [-0.2, 0) is 4.74 Å². The van der Waals surface area contributed by atoms with Crippen molar-refractivity contribution in [1.29, 1.82) is 0 Å². The van der Waals surface area contributed by atoms with E-state index in [1.54, 1.807) is 6.92 Å². The number of hydrogen-bond donors (Lipinski definition) is 0. The summed E-state index contributed by atoms with van der Waals surface area (Å²) in [5.41, 5.74) is 0.0211. The Kier molecular flexibility index (Phi) is 3.28. The van der Waals surface area contributed by atoms with Crippen LogP contribution in [0.3, 0.4) is 0 Å². The topological polar surface area (TPSA) is 69.2 Å². The smallest absolute Gasteiger partial charge is 0.359 e. The number of carbonyl (C=O) groups excluding carboxylic acids is 2. The monoisotopic (exact) mass is 194 g/mol. The molecule has 0 aliphatic carbocycles. The van der Waals surface area contributed by atoms with Gasteiger partial charge in [0.25, 0.3) is 0 Å². The van der Waals surface area contributed by atoms with Gasteiger partial charge in [-0.15, -0.1) is 0 Å². The van der Waals surface area contributed by atoms with Gasteiger partial charge >= 0.3 is 5.97 Å². The van der Waals surface area contributed by atoms with E-state index in [1.807, 2.05) is 0 Å². The molecule has 1 aromatic rings.